The van der Waals surface area contributed by atoms with Gasteiger partial charge in [-0.25, -0.2) is 0 Å². The van der Waals surface area contributed by atoms with Crippen LogP contribution in [-0.2, 0) is 15.9 Å². The Hall–Kier alpha value is -2.37. The van der Waals surface area contributed by atoms with Crippen molar-refractivity contribution in [3.8, 4) is 11.5 Å². The summed E-state index contributed by atoms with van der Waals surface area (Å²) in [5.41, 5.74) is 2.39. The third-order valence-electron chi connectivity index (χ3n) is 5.43. The number of unbranched alkanes of at least 4 members (excludes halogenated alkanes) is 2. The third-order valence-corrected chi connectivity index (χ3v) is 5.43. The first-order chi connectivity index (χ1) is 14.7. The molecule has 2 aromatic carbocycles. The molecular weight excluding hydrogens is 380 g/mol. The zero-order valence-corrected chi connectivity index (χ0v) is 18.0. The number of benzene rings is 2. The largest absolute Gasteiger partial charge is 0.497 e. The van der Waals surface area contributed by atoms with Gasteiger partial charge >= 0.3 is 0 Å². The van der Waals surface area contributed by atoms with Crippen molar-refractivity contribution in [2.24, 2.45) is 0 Å². The lowest BCUT2D eigenvalue weighted by molar-refractivity contribution is -0.162. The summed E-state index contributed by atoms with van der Waals surface area (Å²) in [6.45, 7) is 1.55. The number of aryl methyl sites for hydroxylation is 1. The molecule has 3 rings (SSSR count). The number of hydrogen-bond acceptors (Lipinski definition) is 5. The maximum Gasteiger partial charge on any atom is 0.193 e. The number of ketones is 1. The monoisotopic (exact) mass is 412 g/mol. The van der Waals surface area contributed by atoms with Gasteiger partial charge in [0.15, 0.2) is 12.1 Å². The van der Waals surface area contributed by atoms with Crippen LogP contribution in [0.4, 0.5) is 0 Å². The Morgan fingerprint density at radius 1 is 0.967 bits per heavy atom. The Kier molecular flexibility index (Phi) is 8.72. The number of ether oxygens (including phenoxy) is 4. The van der Waals surface area contributed by atoms with Gasteiger partial charge in [-0.15, -0.1) is 0 Å². The molecule has 5 nitrogen and oxygen atoms in total. The van der Waals surface area contributed by atoms with Crippen molar-refractivity contribution < 1.29 is 23.7 Å². The quantitative estimate of drug-likeness (QED) is 0.375. The molecule has 0 spiro atoms. The predicted octanol–water partition coefficient (Wildman–Crippen LogP) is 5.19. The number of carbonyl (C=O) groups is 1. The average Bonchev–Trinajstić information content (AvgIpc) is 2.81. The summed E-state index contributed by atoms with van der Waals surface area (Å²) in [5, 5.41) is 0. The smallest absolute Gasteiger partial charge is 0.193 e. The summed E-state index contributed by atoms with van der Waals surface area (Å²) < 4.78 is 22.1. The standard InChI is InChI=1S/C25H32O5/c1-27-22-13-10-19(11-14-22)25(26)21-12-15-23(28-2)20(18-21)8-4-3-6-16-29-24-9-5-7-17-30-24/h10-15,18,24H,3-9,16-17H2,1-2H3. The van der Waals surface area contributed by atoms with Crippen molar-refractivity contribution in [3.05, 3.63) is 59.2 Å². The number of methoxy groups -OCH3 is 2. The van der Waals surface area contributed by atoms with Crippen molar-refractivity contribution in [2.75, 3.05) is 27.4 Å². The number of rotatable bonds is 11. The molecule has 1 unspecified atom stereocenters. The fraction of sp³-hybridized carbons (Fsp3) is 0.480. The fourth-order valence-electron chi connectivity index (χ4n) is 3.68. The summed E-state index contributed by atoms with van der Waals surface area (Å²) >= 11 is 0. The van der Waals surface area contributed by atoms with E-state index in [1.165, 1.54) is 6.42 Å². The van der Waals surface area contributed by atoms with Gasteiger partial charge in [0.2, 0.25) is 0 Å². The summed E-state index contributed by atoms with van der Waals surface area (Å²) in [6.07, 6.45) is 7.28. The van der Waals surface area contributed by atoms with Crippen LogP contribution in [0.3, 0.4) is 0 Å². The maximum absolute atomic E-state index is 12.9. The van der Waals surface area contributed by atoms with E-state index in [0.717, 1.165) is 68.8 Å². The van der Waals surface area contributed by atoms with E-state index >= 15 is 0 Å². The van der Waals surface area contributed by atoms with E-state index in [-0.39, 0.29) is 12.1 Å². The molecule has 1 fully saturated rings. The van der Waals surface area contributed by atoms with Gasteiger partial charge < -0.3 is 18.9 Å². The van der Waals surface area contributed by atoms with Crippen LogP contribution in [-0.4, -0.2) is 39.5 Å². The minimum Gasteiger partial charge on any atom is -0.497 e. The van der Waals surface area contributed by atoms with Crippen molar-refractivity contribution >= 4 is 5.78 Å². The van der Waals surface area contributed by atoms with Gasteiger partial charge in [0.25, 0.3) is 0 Å². The lowest BCUT2D eigenvalue weighted by Crippen LogP contribution is -2.22. The molecule has 2 aromatic rings. The lowest BCUT2D eigenvalue weighted by atomic mass is 9.98. The average molecular weight is 413 g/mol. The van der Waals surface area contributed by atoms with E-state index in [1.807, 2.05) is 18.2 Å². The van der Waals surface area contributed by atoms with E-state index in [1.54, 1.807) is 38.5 Å². The first-order valence-corrected chi connectivity index (χ1v) is 10.8. The molecule has 30 heavy (non-hydrogen) atoms. The molecular formula is C25H32O5. The predicted molar refractivity (Wildman–Crippen MR) is 117 cm³/mol. The van der Waals surface area contributed by atoms with E-state index in [0.29, 0.717) is 11.1 Å². The van der Waals surface area contributed by atoms with Gasteiger partial charge in [-0.05, 0) is 86.6 Å². The molecule has 0 amide bonds. The second-order valence-electron chi connectivity index (χ2n) is 7.56. The zero-order chi connectivity index (χ0) is 21.2. The molecule has 1 aliphatic heterocycles. The van der Waals surface area contributed by atoms with Crippen molar-refractivity contribution in [1.82, 2.24) is 0 Å². The maximum atomic E-state index is 12.9. The lowest BCUT2D eigenvalue weighted by Gasteiger charge is -2.22. The van der Waals surface area contributed by atoms with Gasteiger partial charge in [0.1, 0.15) is 11.5 Å². The van der Waals surface area contributed by atoms with Gasteiger partial charge in [-0.3, -0.25) is 4.79 Å². The SMILES string of the molecule is COc1ccc(C(=O)c2ccc(OC)c(CCCCCOC3CCCCO3)c2)cc1. The highest BCUT2D eigenvalue weighted by Crippen LogP contribution is 2.24. The van der Waals surface area contributed by atoms with Crippen LogP contribution in [0.5, 0.6) is 11.5 Å². The molecule has 1 heterocycles. The van der Waals surface area contributed by atoms with Crippen LogP contribution in [0.15, 0.2) is 42.5 Å². The van der Waals surface area contributed by atoms with Crippen LogP contribution in [0.25, 0.3) is 0 Å². The molecule has 0 aromatic heterocycles. The Labute approximate surface area is 179 Å². The van der Waals surface area contributed by atoms with Crippen LogP contribution >= 0.6 is 0 Å². The fourth-order valence-corrected chi connectivity index (χ4v) is 3.68. The van der Waals surface area contributed by atoms with Gasteiger partial charge in [0.05, 0.1) is 14.2 Å². The molecule has 0 aliphatic carbocycles. The molecule has 0 N–H and O–H groups in total. The highest BCUT2D eigenvalue weighted by molar-refractivity contribution is 6.09. The second-order valence-corrected chi connectivity index (χ2v) is 7.56. The molecule has 1 aliphatic rings. The van der Waals surface area contributed by atoms with Crippen molar-refractivity contribution in [3.63, 3.8) is 0 Å². The summed E-state index contributed by atoms with van der Waals surface area (Å²) in [7, 11) is 3.28. The zero-order valence-electron chi connectivity index (χ0n) is 18.0. The van der Waals surface area contributed by atoms with Crippen LogP contribution in [0.1, 0.15) is 60.0 Å². The molecule has 0 bridgehead atoms. The minimum atomic E-state index is -0.0144. The van der Waals surface area contributed by atoms with Crippen LogP contribution in [0, 0.1) is 0 Å². The highest BCUT2D eigenvalue weighted by atomic mass is 16.7. The van der Waals surface area contributed by atoms with E-state index in [2.05, 4.69) is 0 Å². The van der Waals surface area contributed by atoms with Crippen LogP contribution < -0.4 is 9.47 Å². The van der Waals surface area contributed by atoms with Gasteiger partial charge in [-0.1, -0.05) is 6.42 Å². The summed E-state index contributed by atoms with van der Waals surface area (Å²) in [4.78, 5) is 12.9. The van der Waals surface area contributed by atoms with Gasteiger partial charge in [0, 0.05) is 24.3 Å². The Bertz CT molecular complexity index is 794. The molecule has 1 atom stereocenters. The third kappa shape index (κ3) is 6.31. The Morgan fingerprint density at radius 2 is 1.77 bits per heavy atom. The van der Waals surface area contributed by atoms with Crippen molar-refractivity contribution in [2.45, 2.75) is 51.2 Å². The molecule has 0 radical (unpaired) electrons. The minimum absolute atomic E-state index is 0.00226. The van der Waals surface area contributed by atoms with Gasteiger partial charge in [-0.2, -0.15) is 0 Å². The van der Waals surface area contributed by atoms with E-state index in [9.17, 15) is 4.79 Å². The number of carbonyl (C=O) groups excluding carboxylic acids is 1. The molecule has 162 valence electrons. The second kappa shape index (κ2) is 11.7. The first-order valence-electron chi connectivity index (χ1n) is 10.8. The Morgan fingerprint density at radius 3 is 2.47 bits per heavy atom. The molecule has 1 saturated heterocycles. The molecule has 5 heteroatoms. The topological polar surface area (TPSA) is 54.0 Å². The summed E-state index contributed by atoms with van der Waals surface area (Å²) in [5.74, 6) is 1.57. The normalized spacial score (nSPS) is 16.3. The van der Waals surface area contributed by atoms with Crippen molar-refractivity contribution in [1.29, 1.82) is 0 Å². The molecule has 0 saturated carbocycles. The Balaban J connectivity index is 1.51. The number of hydrogen-bond donors (Lipinski definition) is 0. The van der Waals surface area contributed by atoms with E-state index < -0.39 is 0 Å². The van der Waals surface area contributed by atoms with E-state index in [4.69, 9.17) is 18.9 Å². The van der Waals surface area contributed by atoms with Crippen LogP contribution in [0.2, 0.25) is 0 Å². The highest BCUT2D eigenvalue weighted by Gasteiger charge is 2.14. The summed E-state index contributed by atoms with van der Waals surface area (Å²) in [6, 6.07) is 12.9. The first kappa shape index (κ1) is 22.3.